The third kappa shape index (κ3) is 3.67. The van der Waals surface area contributed by atoms with Crippen molar-refractivity contribution in [1.29, 1.82) is 0 Å². The summed E-state index contributed by atoms with van der Waals surface area (Å²) in [5, 5.41) is 10.9. The lowest BCUT2D eigenvalue weighted by atomic mass is 9.97. The second kappa shape index (κ2) is 6.51. The summed E-state index contributed by atoms with van der Waals surface area (Å²) in [6.45, 7) is 1.89. The lowest BCUT2D eigenvalue weighted by Crippen LogP contribution is -2.40. The second-order valence-corrected chi connectivity index (χ2v) is 5.22. The van der Waals surface area contributed by atoms with Crippen molar-refractivity contribution in [2.75, 3.05) is 18.5 Å². The van der Waals surface area contributed by atoms with Gasteiger partial charge in [0, 0.05) is 25.2 Å². The summed E-state index contributed by atoms with van der Waals surface area (Å²) in [5.74, 6) is 4.99. The number of anilines is 1. The zero-order chi connectivity index (χ0) is 15.4. The number of nitrogens with one attached hydrogen (secondary N) is 1. The molecular weight excluding hydrogens is 274 g/mol. The summed E-state index contributed by atoms with van der Waals surface area (Å²) in [5.41, 5.74) is 9.29. The summed E-state index contributed by atoms with van der Waals surface area (Å²) < 4.78 is 0. The van der Waals surface area contributed by atoms with Gasteiger partial charge >= 0.3 is 0 Å². The highest BCUT2D eigenvalue weighted by Gasteiger charge is 2.24. The number of amides is 1. The number of nitro groups is 1. The van der Waals surface area contributed by atoms with E-state index in [-0.39, 0.29) is 17.5 Å². The molecule has 1 aliphatic heterocycles. The number of nitro benzene ring substituents is 1. The Balaban J connectivity index is 2.15. The molecule has 0 radical (unpaired) electrons. The number of likely N-dealkylation sites (tertiary alicyclic amines) is 1. The van der Waals surface area contributed by atoms with Gasteiger partial charge in [-0.1, -0.05) is 0 Å². The topological polar surface area (TPSA) is 128 Å². The molecule has 2 rings (SSSR count). The Hall–Kier alpha value is -2.19. The molecule has 1 aromatic carbocycles. The first-order valence-electron chi connectivity index (χ1n) is 6.77. The number of hydrogen-bond donors (Lipinski definition) is 3. The number of hydrogen-bond acceptors (Lipinski definition) is 6. The zero-order valence-corrected chi connectivity index (χ0v) is 11.6. The average molecular weight is 293 g/mol. The number of hydrazine groups is 1. The Bertz CT molecular complexity index is 549. The molecule has 1 aromatic rings. The normalized spacial score (nSPS) is 19.2. The predicted molar refractivity (Wildman–Crippen MR) is 78.1 cm³/mol. The van der Waals surface area contributed by atoms with Gasteiger partial charge in [0.25, 0.3) is 5.69 Å². The van der Waals surface area contributed by atoms with Gasteiger partial charge in [0.1, 0.15) is 0 Å². The smallest absolute Gasteiger partial charge is 0.269 e. The lowest BCUT2D eigenvalue weighted by molar-refractivity contribution is -0.384. The van der Waals surface area contributed by atoms with E-state index in [0.29, 0.717) is 18.8 Å². The molecule has 0 aromatic heterocycles. The Morgan fingerprint density at radius 1 is 1.52 bits per heavy atom. The van der Waals surface area contributed by atoms with Crippen LogP contribution in [0.15, 0.2) is 18.2 Å². The van der Waals surface area contributed by atoms with E-state index < -0.39 is 4.92 Å². The highest BCUT2D eigenvalue weighted by molar-refractivity contribution is 5.76. The van der Waals surface area contributed by atoms with Crippen LogP contribution < -0.4 is 17.0 Å². The Morgan fingerprint density at radius 3 is 2.90 bits per heavy atom. The lowest BCUT2D eigenvalue weighted by Gasteiger charge is -2.31. The first-order chi connectivity index (χ1) is 10.0. The number of primary amides is 1. The van der Waals surface area contributed by atoms with Crippen LogP contribution in [-0.4, -0.2) is 28.8 Å². The molecule has 1 heterocycles. The number of carbonyl (C=O) groups excluding carboxylic acids is 1. The van der Waals surface area contributed by atoms with Crippen molar-refractivity contribution in [3.8, 4) is 0 Å². The van der Waals surface area contributed by atoms with Gasteiger partial charge in [-0.2, -0.15) is 0 Å². The van der Waals surface area contributed by atoms with Crippen molar-refractivity contribution in [1.82, 2.24) is 4.90 Å². The Labute approximate surface area is 122 Å². The minimum Gasteiger partial charge on any atom is -0.369 e. The largest absolute Gasteiger partial charge is 0.369 e. The van der Waals surface area contributed by atoms with E-state index >= 15 is 0 Å². The fourth-order valence-electron chi connectivity index (χ4n) is 2.64. The minimum absolute atomic E-state index is 0.0208. The molecule has 1 amide bonds. The van der Waals surface area contributed by atoms with Gasteiger partial charge in [-0.15, -0.1) is 0 Å². The van der Waals surface area contributed by atoms with Crippen molar-refractivity contribution in [3.63, 3.8) is 0 Å². The second-order valence-electron chi connectivity index (χ2n) is 5.22. The van der Waals surface area contributed by atoms with Crippen LogP contribution in [0.3, 0.4) is 0 Å². The molecule has 1 aliphatic rings. The number of nitrogens with zero attached hydrogens (tertiary/aromatic N) is 2. The van der Waals surface area contributed by atoms with Crippen molar-refractivity contribution >= 4 is 17.3 Å². The van der Waals surface area contributed by atoms with E-state index in [1.165, 1.54) is 12.1 Å². The molecule has 0 aliphatic carbocycles. The summed E-state index contributed by atoms with van der Waals surface area (Å²) in [4.78, 5) is 23.8. The molecule has 8 nitrogen and oxygen atoms in total. The van der Waals surface area contributed by atoms with Crippen LogP contribution in [0.4, 0.5) is 11.4 Å². The fourth-order valence-corrected chi connectivity index (χ4v) is 2.64. The van der Waals surface area contributed by atoms with Crippen molar-refractivity contribution in [2.45, 2.75) is 19.4 Å². The number of benzene rings is 1. The van der Waals surface area contributed by atoms with Crippen molar-refractivity contribution in [3.05, 3.63) is 33.9 Å². The number of piperidine rings is 1. The molecule has 1 fully saturated rings. The SMILES string of the molecule is NNc1ccc([N+](=O)[O-])cc1CN1CCCC(C(N)=O)C1. The predicted octanol–water partition coefficient (Wildman–Crippen LogP) is 0.578. The van der Waals surface area contributed by atoms with Gasteiger partial charge in [-0.25, -0.2) is 0 Å². The summed E-state index contributed by atoms with van der Waals surface area (Å²) in [6, 6.07) is 4.49. The molecular formula is C13H19N5O3. The average Bonchev–Trinajstić information content (AvgIpc) is 2.47. The molecule has 8 heteroatoms. The molecule has 5 N–H and O–H groups in total. The van der Waals surface area contributed by atoms with Crippen LogP contribution in [0, 0.1) is 16.0 Å². The number of non-ortho nitro benzene ring substituents is 1. The highest BCUT2D eigenvalue weighted by Crippen LogP contribution is 2.25. The first kappa shape index (κ1) is 15.2. The van der Waals surface area contributed by atoms with E-state index in [2.05, 4.69) is 10.3 Å². The molecule has 0 bridgehead atoms. The van der Waals surface area contributed by atoms with Gasteiger partial charge in [0.2, 0.25) is 5.91 Å². The molecule has 1 saturated heterocycles. The quantitative estimate of drug-likeness (QED) is 0.414. The number of carbonyl (C=O) groups is 1. The minimum atomic E-state index is -0.438. The maximum Gasteiger partial charge on any atom is 0.269 e. The number of rotatable bonds is 5. The van der Waals surface area contributed by atoms with E-state index in [1.54, 1.807) is 6.07 Å². The van der Waals surface area contributed by atoms with Gasteiger partial charge in [0.15, 0.2) is 0 Å². The van der Waals surface area contributed by atoms with Crippen LogP contribution in [0.1, 0.15) is 18.4 Å². The van der Waals surface area contributed by atoms with Gasteiger partial charge in [-0.3, -0.25) is 25.7 Å². The monoisotopic (exact) mass is 293 g/mol. The van der Waals surface area contributed by atoms with Gasteiger partial charge in [-0.05, 0) is 31.0 Å². The van der Waals surface area contributed by atoms with Crippen LogP contribution >= 0.6 is 0 Å². The van der Waals surface area contributed by atoms with Crippen molar-refractivity contribution < 1.29 is 9.72 Å². The highest BCUT2D eigenvalue weighted by atomic mass is 16.6. The van der Waals surface area contributed by atoms with Crippen LogP contribution in [-0.2, 0) is 11.3 Å². The van der Waals surface area contributed by atoms with E-state index in [1.807, 2.05) is 0 Å². The maximum atomic E-state index is 11.3. The number of nitrogens with two attached hydrogens (primary N) is 2. The van der Waals surface area contributed by atoms with Gasteiger partial charge in [0.05, 0.1) is 16.5 Å². The summed E-state index contributed by atoms with van der Waals surface area (Å²) in [6.07, 6.45) is 1.68. The first-order valence-corrected chi connectivity index (χ1v) is 6.77. The Kier molecular flexibility index (Phi) is 4.71. The van der Waals surface area contributed by atoms with Crippen molar-refractivity contribution in [2.24, 2.45) is 17.5 Å². The Morgan fingerprint density at radius 2 is 2.29 bits per heavy atom. The summed E-state index contributed by atoms with van der Waals surface area (Å²) >= 11 is 0. The third-order valence-electron chi connectivity index (χ3n) is 3.76. The third-order valence-corrected chi connectivity index (χ3v) is 3.76. The molecule has 21 heavy (non-hydrogen) atoms. The van der Waals surface area contributed by atoms with Crippen LogP contribution in [0.5, 0.6) is 0 Å². The van der Waals surface area contributed by atoms with Crippen LogP contribution in [0.2, 0.25) is 0 Å². The molecule has 1 atom stereocenters. The van der Waals surface area contributed by atoms with E-state index in [9.17, 15) is 14.9 Å². The molecule has 1 unspecified atom stereocenters. The van der Waals surface area contributed by atoms with E-state index in [4.69, 9.17) is 11.6 Å². The molecule has 114 valence electrons. The maximum absolute atomic E-state index is 11.3. The molecule has 0 spiro atoms. The summed E-state index contributed by atoms with van der Waals surface area (Å²) in [7, 11) is 0. The van der Waals surface area contributed by atoms with Crippen LogP contribution in [0.25, 0.3) is 0 Å². The molecule has 0 saturated carbocycles. The number of nitrogen functional groups attached to an aromatic ring is 1. The standard InChI is InChI=1S/C13H19N5O3/c14-13(19)9-2-1-5-17(7-9)8-10-6-11(18(20)21)3-4-12(10)16-15/h3-4,6,9,16H,1-2,5,7-8,15H2,(H2,14,19). The van der Waals surface area contributed by atoms with Gasteiger partial charge < -0.3 is 11.2 Å². The van der Waals surface area contributed by atoms with E-state index in [0.717, 1.165) is 24.9 Å². The zero-order valence-electron chi connectivity index (χ0n) is 11.6. The fraction of sp³-hybridized carbons (Fsp3) is 0.462.